The van der Waals surface area contributed by atoms with Gasteiger partial charge in [-0.2, -0.15) is 20.2 Å². The highest BCUT2D eigenvalue weighted by molar-refractivity contribution is 6.31. The van der Waals surface area contributed by atoms with Gasteiger partial charge in [0.1, 0.15) is 0 Å². The van der Waals surface area contributed by atoms with Crippen molar-refractivity contribution in [2.45, 2.75) is 6.42 Å². The molecule has 0 spiro atoms. The Kier molecular flexibility index (Phi) is 3.92. The van der Waals surface area contributed by atoms with E-state index in [4.69, 9.17) is 28.5 Å². The molecule has 0 aliphatic carbocycles. The summed E-state index contributed by atoms with van der Waals surface area (Å²) in [7, 11) is 0. The van der Waals surface area contributed by atoms with Crippen LogP contribution in [0.5, 0.6) is 0 Å². The lowest BCUT2D eigenvalue weighted by atomic mass is 10.1. The highest BCUT2D eigenvalue weighted by Crippen LogP contribution is 2.16. The minimum absolute atomic E-state index is 0.0265. The fourth-order valence-electron chi connectivity index (χ4n) is 1.31. The molecule has 0 saturated carbocycles. The minimum atomic E-state index is 0.0265. The van der Waals surface area contributed by atoms with Crippen molar-refractivity contribution < 1.29 is 0 Å². The number of hydrogen-bond donors (Lipinski definition) is 1. The van der Waals surface area contributed by atoms with Crippen molar-refractivity contribution in [3.05, 3.63) is 40.4 Å². The number of hydrogen-bond acceptors (Lipinski definition) is 5. The van der Waals surface area contributed by atoms with Gasteiger partial charge in [0.15, 0.2) is 0 Å². The summed E-state index contributed by atoms with van der Waals surface area (Å²) in [6, 6.07) is 9.40. The van der Waals surface area contributed by atoms with Gasteiger partial charge < -0.3 is 5.32 Å². The van der Waals surface area contributed by atoms with Crippen LogP contribution in [0.4, 0.5) is 11.6 Å². The minimum Gasteiger partial charge on any atom is -0.324 e. The van der Waals surface area contributed by atoms with Crippen molar-refractivity contribution in [1.82, 2.24) is 15.0 Å². The lowest BCUT2D eigenvalue weighted by molar-refractivity contribution is 1.05. The van der Waals surface area contributed by atoms with Gasteiger partial charge in [-0.3, -0.25) is 0 Å². The first-order chi connectivity index (χ1) is 8.67. The fraction of sp³-hybridized carbons (Fsp3) is 0.0909. The number of benzene rings is 1. The molecule has 18 heavy (non-hydrogen) atoms. The van der Waals surface area contributed by atoms with E-state index in [9.17, 15) is 0 Å². The molecule has 1 N–H and O–H groups in total. The number of halogens is 2. The van der Waals surface area contributed by atoms with Crippen molar-refractivity contribution in [3.8, 4) is 6.07 Å². The number of rotatable bonds is 3. The summed E-state index contributed by atoms with van der Waals surface area (Å²) in [5, 5.41) is 11.6. The van der Waals surface area contributed by atoms with Gasteiger partial charge >= 0.3 is 0 Å². The van der Waals surface area contributed by atoms with Gasteiger partial charge in [-0.05, 0) is 40.9 Å². The normalized spacial score (nSPS) is 9.83. The van der Waals surface area contributed by atoms with E-state index in [0.29, 0.717) is 6.42 Å². The topological polar surface area (TPSA) is 74.5 Å². The SMILES string of the molecule is N#CCc1ccc(Nc2nc(Cl)nc(Cl)n2)cc1. The van der Waals surface area contributed by atoms with Crippen molar-refractivity contribution in [2.24, 2.45) is 0 Å². The largest absolute Gasteiger partial charge is 0.324 e. The smallest absolute Gasteiger partial charge is 0.232 e. The first-order valence-corrected chi connectivity index (χ1v) is 5.73. The van der Waals surface area contributed by atoms with Gasteiger partial charge in [-0.1, -0.05) is 12.1 Å². The van der Waals surface area contributed by atoms with Crippen LogP contribution in [0, 0.1) is 11.3 Å². The zero-order valence-electron chi connectivity index (χ0n) is 9.06. The van der Waals surface area contributed by atoms with Gasteiger partial charge in [0, 0.05) is 5.69 Å². The summed E-state index contributed by atoms with van der Waals surface area (Å²) < 4.78 is 0. The van der Waals surface area contributed by atoms with Crippen LogP contribution in [0.1, 0.15) is 5.56 Å². The average Bonchev–Trinajstić information content (AvgIpc) is 2.31. The molecule has 2 aromatic rings. The maximum Gasteiger partial charge on any atom is 0.232 e. The van der Waals surface area contributed by atoms with Crippen LogP contribution in [-0.2, 0) is 6.42 Å². The second-order valence-corrected chi connectivity index (χ2v) is 4.03. The Bertz CT molecular complexity index is 571. The van der Waals surface area contributed by atoms with Crippen LogP contribution in [-0.4, -0.2) is 15.0 Å². The van der Waals surface area contributed by atoms with Crippen LogP contribution >= 0.6 is 23.2 Å². The molecular formula is C11H7Cl2N5. The molecule has 1 aromatic heterocycles. The van der Waals surface area contributed by atoms with Crippen molar-refractivity contribution in [1.29, 1.82) is 5.26 Å². The molecule has 1 heterocycles. The summed E-state index contributed by atoms with van der Waals surface area (Å²) in [6.07, 6.45) is 0.379. The van der Waals surface area contributed by atoms with Gasteiger partial charge in [0.2, 0.25) is 16.5 Å². The molecule has 2 rings (SSSR count). The lowest BCUT2D eigenvalue weighted by Gasteiger charge is -2.05. The zero-order chi connectivity index (χ0) is 13.0. The summed E-state index contributed by atoms with van der Waals surface area (Å²) in [5.41, 5.74) is 1.71. The van der Waals surface area contributed by atoms with Gasteiger partial charge in [-0.15, -0.1) is 0 Å². The Hall–Kier alpha value is -1.90. The molecular weight excluding hydrogens is 273 g/mol. The summed E-state index contributed by atoms with van der Waals surface area (Å²) in [5.74, 6) is 0.271. The van der Waals surface area contributed by atoms with E-state index in [1.807, 2.05) is 24.3 Å². The maximum absolute atomic E-state index is 8.56. The standard InChI is InChI=1S/C11H7Cl2N5/c12-9-16-10(13)18-11(17-9)15-8-3-1-7(2-4-8)5-6-14/h1-4H,5H2,(H,15,16,17,18). The third-order valence-corrected chi connectivity index (χ3v) is 2.41. The molecule has 1 aromatic carbocycles. The van der Waals surface area contributed by atoms with Crippen molar-refractivity contribution in [3.63, 3.8) is 0 Å². The summed E-state index contributed by atoms with van der Waals surface area (Å²) in [4.78, 5) is 11.4. The Balaban J connectivity index is 2.16. The molecule has 0 atom stereocenters. The molecule has 0 saturated heterocycles. The van der Waals surface area contributed by atoms with Crippen molar-refractivity contribution in [2.75, 3.05) is 5.32 Å². The number of aromatic nitrogens is 3. The molecule has 0 aliphatic heterocycles. The Labute approximate surface area is 113 Å². The first-order valence-electron chi connectivity index (χ1n) is 4.97. The van der Waals surface area contributed by atoms with E-state index in [1.54, 1.807) is 0 Å². The third kappa shape index (κ3) is 3.29. The summed E-state index contributed by atoms with van der Waals surface area (Å²) in [6.45, 7) is 0. The monoisotopic (exact) mass is 279 g/mol. The first kappa shape index (κ1) is 12.6. The third-order valence-electron chi connectivity index (χ3n) is 2.07. The van der Waals surface area contributed by atoms with Gasteiger partial charge in [0.05, 0.1) is 12.5 Å². The molecule has 0 unspecified atom stereocenters. The van der Waals surface area contributed by atoms with E-state index >= 15 is 0 Å². The maximum atomic E-state index is 8.56. The average molecular weight is 280 g/mol. The number of nitrogens with zero attached hydrogens (tertiary/aromatic N) is 4. The highest BCUT2D eigenvalue weighted by atomic mass is 35.5. The Morgan fingerprint density at radius 2 is 1.67 bits per heavy atom. The van der Waals surface area contributed by atoms with E-state index < -0.39 is 0 Å². The van der Waals surface area contributed by atoms with Crippen LogP contribution < -0.4 is 5.32 Å². The van der Waals surface area contributed by atoms with Crippen LogP contribution in [0.25, 0.3) is 0 Å². The molecule has 0 radical (unpaired) electrons. The van der Waals surface area contributed by atoms with E-state index in [2.05, 4.69) is 26.3 Å². The number of nitrogens with one attached hydrogen (secondary N) is 1. The quantitative estimate of drug-likeness (QED) is 0.935. The Morgan fingerprint density at radius 3 is 2.22 bits per heavy atom. The fourth-order valence-corrected chi connectivity index (χ4v) is 1.67. The van der Waals surface area contributed by atoms with E-state index in [1.165, 1.54) is 0 Å². The van der Waals surface area contributed by atoms with Gasteiger partial charge in [-0.25, -0.2) is 0 Å². The number of anilines is 2. The van der Waals surface area contributed by atoms with E-state index in [-0.39, 0.29) is 16.5 Å². The Morgan fingerprint density at radius 1 is 1.06 bits per heavy atom. The van der Waals surface area contributed by atoms with Crippen molar-refractivity contribution >= 4 is 34.8 Å². The van der Waals surface area contributed by atoms with Gasteiger partial charge in [0.25, 0.3) is 0 Å². The molecule has 0 bridgehead atoms. The molecule has 90 valence electrons. The highest BCUT2D eigenvalue weighted by Gasteiger charge is 2.03. The molecule has 0 amide bonds. The molecule has 7 heteroatoms. The number of nitriles is 1. The van der Waals surface area contributed by atoms with Crippen LogP contribution in [0.2, 0.25) is 10.6 Å². The van der Waals surface area contributed by atoms with Crippen LogP contribution in [0.3, 0.4) is 0 Å². The lowest BCUT2D eigenvalue weighted by Crippen LogP contribution is -1.99. The van der Waals surface area contributed by atoms with E-state index in [0.717, 1.165) is 11.3 Å². The predicted octanol–water partition coefficient (Wildman–Crippen LogP) is 2.99. The summed E-state index contributed by atoms with van der Waals surface area (Å²) >= 11 is 11.3. The molecule has 0 fully saturated rings. The second kappa shape index (κ2) is 5.63. The second-order valence-electron chi connectivity index (χ2n) is 3.35. The molecule has 5 nitrogen and oxygen atoms in total. The predicted molar refractivity (Wildman–Crippen MR) is 68.9 cm³/mol. The van der Waals surface area contributed by atoms with Crippen LogP contribution in [0.15, 0.2) is 24.3 Å². The zero-order valence-corrected chi connectivity index (χ0v) is 10.6. The molecule has 0 aliphatic rings.